The van der Waals surface area contributed by atoms with Crippen LogP contribution in [0.4, 0.5) is 5.69 Å². The van der Waals surface area contributed by atoms with Gasteiger partial charge >= 0.3 is 0 Å². The molecule has 2 rings (SSSR count). The van der Waals surface area contributed by atoms with E-state index in [1.54, 1.807) is 0 Å². The quantitative estimate of drug-likeness (QED) is 0.893. The lowest BCUT2D eigenvalue weighted by Crippen LogP contribution is -2.39. The van der Waals surface area contributed by atoms with Crippen LogP contribution in [0.5, 0.6) is 0 Å². The van der Waals surface area contributed by atoms with Crippen molar-refractivity contribution in [3.63, 3.8) is 0 Å². The first-order valence-electron chi connectivity index (χ1n) is 6.97. The molecular formula is C15H24N2O. The molecule has 3 nitrogen and oxygen atoms in total. The molecule has 1 aliphatic rings. The van der Waals surface area contributed by atoms with Crippen molar-refractivity contribution in [3.05, 3.63) is 24.0 Å². The molecule has 18 heavy (non-hydrogen) atoms. The van der Waals surface area contributed by atoms with E-state index in [-0.39, 0.29) is 6.10 Å². The molecule has 1 N–H and O–H groups in total. The summed E-state index contributed by atoms with van der Waals surface area (Å²) in [6.45, 7) is 8.24. The van der Waals surface area contributed by atoms with Gasteiger partial charge in [0.2, 0.25) is 0 Å². The van der Waals surface area contributed by atoms with E-state index in [9.17, 15) is 5.11 Å². The Morgan fingerprint density at radius 3 is 2.67 bits per heavy atom. The first kappa shape index (κ1) is 13.3. The maximum absolute atomic E-state index is 9.72. The predicted octanol–water partition coefficient (Wildman–Crippen LogP) is 2.80. The number of pyridine rings is 1. The Kier molecular flexibility index (Phi) is 4.23. The zero-order valence-corrected chi connectivity index (χ0v) is 11.6. The molecule has 0 amide bonds. The van der Waals surface area contributed by atoms with Gasteiger partial charge in [0.25, 0.3) is 0 Å². The number of nitrogens with zero attached hydrogens (tertiary/aromatic N) is 2. The van der Waals surface area contributed by atoms with Gasteiger partial charge in [-0.2, -0.15) is 0 Å². The summed E-state index contributed by atoms with van der Waals surface area (Å²) in [5, 5.41) is 9.72. The second kappa shape index (κ2) is 5.70. The third-order valence-corrected chi connectivity index (χ3v) is 3.87. The van der Waals surface area contributed by atoms with E-state index >= 15 is 0 Å². The maximum Gasteiger partial charge on any atom is 0.0557 e. The van der Waals surface area contributed by atoms with Crippen molar-refractivity contribution in [2.75, 3.05) is 18.0 Å². The molecule has 0 bridgehead atoms. The van der Waals surface area contributed by atoms with Crippen molar-refractivity contribution in [1.29, 1.82) is 0 Å². The minimum absolute atomic E-state index is 0.212. The minimum Gasteiger partial charge on any atom is -0.393 e. The van der Waals surface area contributed by atoms with E-state index in [0.717, 1.165) is 31.6 Å². The molecule has 1 aromatic heterocycles. The number of piperidine rings is 1. The molecule has 100 valence electrons. The van der Waals surface area contributed by atoms with Crippen LogP contribution in [-0.2, 0) is 0 Å². The summed E-state index contributed by atoms with van der Waals surface area (Å²) in [5.41, 5.74) is 2.33. The van der Waals surface area contributed by atoms with Gasteiger partial charge in [-0.05, 0) is 37.8 Å². The Morgan fingerprint density at radius 1 is 1.33 bits per heavy atom. The van der Waals surface area contributed by atoms with E-state index in [1.165, 1.54) is 5.69 Å². The van der Waals surface area contributed by atoms with Crippen molar-refractivity contribution in [2.45, 2.75) is 45.6 Å². The molecule has 0 aliphatic carbocycles. The second-order valence-electron chi connectivity index (χ2n) is 5.68. The normalized spacial score (nSPS) is 22.3. The van der Waals surface area contributed by atoms with Gasteiger partial charge in [-0.25, -0.2) is 0 Å². The molecule has 2 atom stereocenters. The monoisotopic (exact) mass is 248 g/mol. The molecule has 1 aromatic rings. The molecule has 0 saturated carbocycles. The molecule has 1 aliphatic heterocycles. The van der Waals surface area contributed by atoms with Crippen molar-refractivity contribution in [2.24, 2.45) is 5.92 Å². The highest BCUT2D eigenvalue weighted by Gasteiger charge is 2.23. The lowest BCUT2D eigenvalue weighted by Gasteiger charge is -2.35. The van der Waals surface area contributed by atoms with Gasteiger partial charge in [0.15, 0.2) is 0 Å². The number of hydrogen-bond acceptors (Lipinski definition) is 3. The van der Waals surface area contributed by atoms with Crippen LogP contribution in [0.25, 0.3) is 0 Å². The third kappa shape index (κ3) is 3.02. The highest BCUT2D eigenvalue weighted by molar-refractivity contribution is 5.45. The Bertz CT molecular complexity index is 373. The maximum atomic E-state index is 9.72. The summed E-state index contributed by atoms with van der Waals surface area (Å²) >= 11 is 0. The lowest BCUT2D eigenvalue weighted by molar-refractivity contribution is 0.115. The van der Waals surface area contributed by atoms with E-state index in [4.69, 9.17) is 0 Å². The average Bonchev–Trinajstić information content (AvgIpc) is 2.39. The minimum atomic E-state index is -0.212. The number of anilines is 1. The van der Waals surface area contributed by atoms with Crippen LogP contribution in [-0.4, -0.2) is 29.3 Å². The highest BCUT2D eigenvalue weighted by atomic mass is 16.3. The fraction of sp³-hybridized carbons (Fsp3) is 0.667. The van der Waals surface area contributed by atoms with Gasteiger partial charge in [-0.3, -0.25) is 4.98 Å². The molecule has 0 unspecified atom stereocenters. The Labute approximate surface area is 110 Å². The lowest BCUT2D eigenvalue weighted by atomic mass is 9.93. The molecule has 3 heteroatoms. The summed E-state index contributed by atoms with van der Waals surface area (Å²) in [6, 6.07) is 4.28. The van der Waals surface area contributed by atoms with Crippen LogP contribution in [0.1, 0.15) is 45.2 Å². The van der Waals surface area contributed by atoms with Gasteiger partial charge in [-0.15, -0.1) is 0 Å². The number of hydrogen-bond donors (Lipinski definition) is 1. The fourth-order valence-corrected chi connectivity index (χ4v) is 2.56. The predicted molar refractivity (Wildman–Crippen MR) is 74.9 cm³/mol. The Hall–Kier alpha value is -1.09. The topological polar surface area (TPSA) is 36.4 Å². The number of aliphatic hydroxyl groups excluding tert-OH is 1. The first-order valence-corrected chi connectivity index (χ1v) is 6.97. The van der Waals surface area contributed by atoms with Gasteiger partial charge < -0.3 is 10.0 Å². The van der Waals surface area contributed by atoms with Crippen LogP contribution in [0.15, 0.2) is 18.3 Å². The van der Waals surface area contributed by atoms with Crippen molar-refractivity contribution in [1.82, 2.24) is 4.98 Å². The van der Waals surface area contributed by atoms with Crippen LogP contribution < -0.4 is 4.90 Å². The Balaban J connectivity index is 2.06. The zero-order chi connectivity index (χ0) is 13.1. The fourth-order valence-electron chi connectivity index (χ4n) is 2.56. The van der Waals surface area contributed by atoms with Gasteiger partial charge in [-0.1, -0.05) is 13.8 Å². The van der Waals surface area contributed by atoms with Crippen LogP contribution in [0, 0.1) is 5.92 Å². The highest BCUT2D eigenvalue weighted by Crippen LogP contribution is 2.25. The molecule has 0 spiro atoms. The number of rotatable bonds is 3. The zero-order valence-electron chi connectivity index (χ0n) is 11.6. The van der Waals surface area contributed by atoms with Crippen molar-refractivity contribution >= 4 is 5.69 Å². The van der Waals surface area contributed by atoms with Gasteiger partial charge in [0.05, 0.1) is 18.0 Å². The van der Waals surface area contributed by atoms with E-state index in [1.807, 2.05) is 13.1 Å². The standard InChI is InChI=1S/C15H24N2O/c1-11(2)15-7-6-14(9-16-15)17-8-4-5-13(10-17)12(3)18/h6-7,9,11-13,18H,4-5,8,10H2,1-3H3/t12-,13+/m0/s1. The summed E-state index contributed by atoms with van der Waals surface area (Å²) in [4.78, 5) is 6.86. The van der Waals surface area contributed by atoms with E-state index < -0.39 is 0 Å². The first-order chi connectivity index (χ1) is 8.58. The van der Waals surface area contributed by atoms with Crippen molar-refractivity contribution in [3.8, 4) is 0 Å². The van der Waals surface area contributed by atoms with Gasteiger partial charge in [0, 0.05) is 24.7 Å². The smallest absolute Gasteiger partial charge is 0.0557 e. The second-order valence-corrected chi connectivity index (χ2v) is 5.68. The molecular weight excluding hydrogens is 224 g/mol. The number of aromatic nitrogens is 1. The SMILES string of the molecule is CC(C)c1ccc(N2CCC[C@@H]([C@H](C)O)C2)cn1. The summed E-state index contributed by atoms with van der Waals surface area (Å²) in [5.74, 6) is 0.870. The average molecular weight is 248 g/mol. The van der Waals surface area contributed by atoms with Crippen LogP contribution in [0.2, 0.25) is 0 Å². The van der Waals surface area contributed by atoms with Gasteiger partial charge in [0.1, 0.15) is 0 Å². The molecule has 0 aromatic carbocycles. The van der Waals surface area contributed by atoms with E-state index in [0.29, 0.717) is 11.8 Å². The molecule has 1 fully saturated rings. The third-order valence-electron chi connectivity index (χ3n) is 3.87. The van der Waals surface area contributed by atoms with Crippen LogP contribution >= 0.6 is 0 Å². The Morgan fingerprint density at radius 2 is 2.11 bits per heavy atom. The molecule has 0 radical (unpaired) electrons. The van der Waals surface area contributed by atoms with Crippen molar-refractivity contribution < 1.29 is 5.11 Å². The molecule has 1 saturated heterocycles. The summed E-state index contributed by atoms with van der Waals surface area (Å²) in [6.07, 6.45) is 4.04. The summed E-state index contributed by atoms with van der Waals surface area (Å²) < 4.78 is 0. The van der Waals surface area contributed by atoms with E-state index in [2.05, 4.69) is 35.9 Å². The van der Waals surface area contributed by atoms with Crippen LogP contribution in [0.3, 0.4) is 0 Å². The summed E-state index contributed by atoms with van der Waals surface area (Å²) in [7, 11) is 0. The molecule has 2 heterocycles. The largest absolute Gasteiger partial charge is 0.393 e. The number of aliphatic hydroxyl groups is 1.